The van der Waals surface area contributed by atoms with Gasteiger partial charge in [0.1, 0.15) is 5.69 Å². The fraction of sp³-hybridized carbons (Fsp3) is 0.400. The molecular weight excluding hydrogens is 330 g/mol. The quantitative estimate of drug-likeness (QED) is 0.748. The molecule has 6 nitrogen and oxygen atoms in total. The highest BCUT2D eigenvalue weighted by atomic mass is 16.5. The van der Waals surface area contributed by atoms with Crippen LogP contribution >= 0.6 is 0 Å². The third-order valence-electron chi connectivity index (χ3n) is 5.19. The molecular formula is C20H27N3O3. The largest absolute Gasteiger partial charge is 0.381 e. The van der Waals surface area contributed by atoms with E-state index in [1.54, 1.807) is 20.4 Å². The van der Waals surface area contributed by atoms with Crippen molar-refractivity contribution >= 4 is 27.7 Å². The Hall–Kier alpha value is -2.44. The number of nitrogens with zero attached hydrogens (tertiary/aromatic N) is 1. The summed E-state index contributed by atoms with van der Waals surface area (Å²) in [6.45, 7) is 1.97. The Morgan fingerprint density at radius 3 is 2.92 bits per heavy atom. The Morgan fingerprint density at radius 1 is 1.38 bits per heavy atom. The number of carbonyl (C=O) groups is 1. The molecule has 1 fully saturated rings. The molecule has 0 atom stereocenters. The van der Waals surface area contributed by atoms with Crippen molar-refractivity contribution in [2.24, 2.45) is 0 Å². The maximum absolute atomic E-state index is 12.3. The smallest absolute Gasteiger partial charge is 0.270 e. The molecule has 0 saturated carbocycles. The monoisotopic (exact) mass is 357 g/mol. The second-order valence-electron chi connectivity index (χ2n) is 6.70. The molecule has 0 bridgehead atoms. The third-order valence-corrected chi connectivity index (χ3v) is 5.19. The molecule has 0 aliphatic carbocycles. The second-order valence-corrected chi connectivity index (χ2v) is 6.70. The first kappa shape index (κ1) is 17.0. The van der Waals surface area contributed by atoms with Crippen molar-refractivity contribution in [2.75, 3.05) is 27.4 Å². The summed E-state index contributed by atoms with van der Waals surface area (Å²) >= 11 is 0. The number of ether oxygens (including phenoxy) is 2. The van der Waals surface area contributed by atoms with E-state index >= 15 is 0 Å². The van der Waals surface area contributed by atoms with Gasteiger partial charge in [-0.25, -0.2) is 4.98 Å². The average Bonchev–Trinajstić information content (AvgIpc) is 3.06. The number of carbonyl (C=O) groups excluding carboxylic acids is 1. The zero-order valence-electron chi connectivity index (χ0n) is 15.1. The van der Waals surface area contributed by atoms with Crippen LogP contribution in [0.1, 0.15) is 43.2 Å². The topological polar surface area (TPSA) is 76.2 Å². The Bertz CT molecular complexity index is 968. The molecule has 6 heteroatoms. The molecule has 0 unspecified atom stereocenters. The minimum absolute atomic E-state index is 0. The van der Waals surface area contributed by atoms with Crippen molar-refractivity contribution in [1.82, 2.24) is 15.3 Å². The summed E-state index contributed by atoms with van der Waals surface area (Å²) in [5.41, 5.74) is 4.52. The van der Waals surface area contributed by atoms with Gasteiger partial charge < -0.3 is 19.8 Å². The summed E-state index contributed by atoms with van der Waals surface area (Å²) in [4.78, 5) is 20.1. The SMILES string of the molecule is CNC(=O)c1ncc2[nH]c3ccc(C4CCOCC4)cc3c2c1COC.[HH].[HH]. The van der Waals surface area contributed by atoms with Crippen LogP contribution in [0.3, 0.4) is 0 Å². The van der Waals surface area contributed by atoms with Gasteiger partial charge in [-0.3, -0.25) is 4.79 Å². The highest BCUT2D eigenvalue weighted by Crippen LogP contribution is 2.34. The molecule has 1 amide bonds. The summed E-state index contributed by atoms with van der Waals surface area (Å²) in [7, 11) is 3.25. The van der Waals surface area contributed by atoms with Gasteiger partial charge in [-0.2, -0.15) is 0 Å². The number of hydrogen-bond acceptors (Lipinski definition) is 4. The van der Waals surface area contributed by atoms with Crippen LogP contribution in [0.15, 0.2) is 24.4 Å². The number of amides is 1. The summed E-state index contributed by atoms with van der Waals surface area (Å²) in [6.07, 6.45) is 3.82. The van der Waals surface area contributed by atoms with Gasteiger partial charge in [0.25, 0.3) is 5.91 Å². The van der Waals surface area contributed by atoms with Crippen molar-refractivity contribution in [3.8, 4) is 0 Å². The zero-order valence-corrected chi connectivity index (χ0v) is 15.1. The van der Waals surface area contributed by atoms with E-state index in [0.717, 1.165) is 53.4 Å². The molecule has 140 valence electrons. The second kappa shape index (κ2) is 7.05. The minimum atomic E-state index is -0.200. The van der Waals surface area contributed by atoms with E-state index in [1.165, 1.54) is 5.56 Å². The number of aromatic amines is 1. The first-order chi connectivity index (χ1) is 12.7. The van der Waals surface area contributed by atoms with E-state index in [2.05, 4.69) is 33.5 Å². The molecule has 3 aromatic rings. The van der Waals surface area contributed by atoms with Crippen LogP contribution in [-0.2, 0) is 16.1 Å². The van der Waals surface area contributed by atoms with Crippen LogP contribution in [0.4, 0.5) is 0 Å². The number of rotatable bonds is 4. The number of benzene rings is 1. The number of nitrogens with one attached hydrogen (secondary N) is 2. The number of aromatic nitrogens is 2. The van der Waals surface area contributed by atoms with E-state index in [0.29, 0.717) is 18.2 Å². The van der Waals surface area contributed by atoms with Gasteiger partial charge in [-0.15, -0.1) is 0 Å². The number of hydrogen-bond donors (Lipinski definition) is 2. The van der Waals surface area contributed by atoms with Crippen molar-refractivity contribution in [3.05, 3.63) is 41.2 Å². The number of pyridine rings is 1. The van der Waals surface area contributed by atoms with Crippen LogP contribution in [0, 0.1) is 0 Å². The molecule has 0 spiro atoms. The molecule has 26 heavy (non-hydrogen) atoms. The average molecular weight is 357 g/mol. The van der Waals surface area contributed by atoms with Gasteiger partial charge in [-0.1, -0.05) is 6.07 Å². The van der Waals surface area contributed by atoms with Gasteiger partial charge in [0.05, 0.1) is 18.3 Å². The lowest BCUT2D eigenvalue weighted by atomic mass is 9.90. The summed E-state index contributed by atoms with van der Waals surface area (Å²) in [6, 6.07) is 6.56. The van der Waals surface area contributed by atoms with Gasteiger partial charge in [0.2, 0.25) is 0 Å². The minimum Gasteiger partial charge on any atom is -0.381 e. The molecule has 0 radical (unpaired) electrons. The molecule has 2 aromatic heterocycles. The van der Waals surface area contributed by atoms with Crippen molar-refractivity contribution in [2.45, 2.75) is 25.4 Å². The molecule has 2 N–H and O–H groups in total. The highest BCUT2D eigenvalue weighted by Gasteiger charge is 2.20. The molecule has 1 aliphatic heterocycles. The van der Waals surface area contributed by atoms with Crippen LogP contribution in [0.25, 0.3) is 21.8 Å². The van der Waals surface area contributed by atoms with Gasteiger partial charge in [-0.05, 0) is 36.5 Å². The van der Waals surface area contributed by atoms with Crippen LogP contribution in [0.5, 0.6) is 0 Å². The predicted molar refractivity (Wildman–Crippen MR) is 105 cm³/mol. The number of H-pyrrole nitrogens is 1. The maximum atomic E-state index is 12.3. The van der Waals surface area contributed by atoms with Crippen molar-refractivity contribution < 1.29 is 17.1 Å². The van der Waals surface area contributed by atoms with E-state index in [4.69, 9.17) is 9.47 Å². The van der Waals surface area contributed by atoms with E-state index in [9.17, 15) is 4.79 Å². The van der Waals surface area contributed by atoms with Gasteiger partial charge >= 0.3 is 0 Å². The summed E-state index contributed by atoms with van der Waals surface area (Å²) in [5.74, 6) is 0.318. The first-order valence-corrected chi connectivity index (χ1v) is 8.95. The Kier molecular flexibility index (Phi) is 4.61. The van der Waals surface area contributed by atoms with Gasteiger partial charge in [0, 0.05) is 52.1 Å². The van der Waals surface area contributed by atoms with Crippen LogP contribution < -0.4 is 5.32 Å². The van der Waals surface area contributed by atoms with Crippen LogP contribution in [-0.4, -0.2) is 43.2 Å². The summed E-state index contributed by atoms with van der Waals surface area (Å²) in [5, 5.41) is 4.80. The Labute approximate surface area is 154 Å². The predicted octanol–water partition coefficient (Wildman–Crippen LogP) is 3.61. The molecule has 4 rings (SSSR count). The van der Waals surface area contributed by atoms with E-state index in [1.807, 2.05) is 0 Å². The molecule has 1 aromatic carbocycles. The number of fused-ring (bicyclic) bond motifs is 3. The fourth-order valence-electron chi connectivity index (χ4n) is 3.86. The van der Waals surface area contributed by atoms with Gasteiger partial charge in [0.15, 0.2) is 0 Å². The highest BCUT2D eigenvalue weighted by molar-refractivity contribution is 6.11. The van der Waals surface area contributed by atoms with Crippen LogP contribution in [0.2, 0.25) is 0 Å². The van der Waals surface area contributed by atoms with Crippen molar-refractivity contribution in [1.29, 1.82) is 0 Å². The van der Waals surface area contributed by atoms with Crippen molar-refractivity contribution in [3.63, 3.8) is 0 Å². The standard InChI is InChI=1S/C20H23N3O3.2H2/c1-21-20(24)19-15(11-25-2)18-14-9-13(12-5-7-26-8-6-12)3-4-16(14)23-17(18)10-22-19;;/h3-4,9-10,12,23H,5-8,11H2,1-2H3,(H,21,24);2*1H. The summed E-state index contributed by atoms with van der Waals surface area (Å²) < 4.78 is 10.9. The lowest BCUT2D eigenvalue weighted by molar-refractivity contribution is 0.0853. The lowest BCUT2D eigenvalue weighted by Gasteiger charge is -2.22. The first-order valence-electron chi connectivity index (χ1n) is 8.95. The van der Waals surface area contributed by atoms with E-state index < -0.39 is 0 Å². The van der Waals surface area contributed by atoms with E-state index in [-0.39, 0.29) is 8.76 Å². The number of methoxy groups -OCH3 is 1. The molecule has 1 saturated heterocycles. The fourth-order valence-corrected chi connectivity index (χ4v) is 3.86. The Balaban J connectivity index is 0.00000140. The normalized spacial score (nSPS) is 15.6. The third kappa shape index (κ3) is 2.85. The zero-order chi connectivity index (χ0) is 18.1. The molecule has 3 heterocycles. The Morgan fingerprint density at radius 2 is 2.19 bits per heavy atom. The molecule has 1 aliphatic rings. The lowest BCUT2D eigenvalue weighted by Crippen LogP contribution is -2.21. The maximum Gasteiger partial charge on any atom is 0.270 e.